The van der Waals surface area contributed by atoms with Crippen molar-refractivity contribution in [1.29, 1.82) is 0 Å². The minimum absolute atomic E-state index is 0.354. The second kappa shape index (κ2) is 6.58. The number of methoxy groups -OCH3 is 1. The average Bonchev–Trinajstić information content (AvgIpc) is 2.36. The van der Waals surface area contributed by atoms with E-state index in [2.05, 4.69) is 0 Å². The van der Waals surface area contributed by atoms with Crippen LogP contribution >= 0.6 is 0 Å². The number of hydrogen-bond donors (Lipinski definition) is 0. The fraction of sp³-hybridized carbons (Fsp3) is 0.308. The van der Waals surface area contributed by atoms with Crippen LogP contribution in [0.15, 0.2) is 36.1 Å². The van der Waals surface area contributed by atoms with Crippen LogP contribution in [0, 0.1) is 0 Å². The molecule has 0 spiro atoms. The summed E-state index contributed by atoms with van der Waals surface area (Å²) >= 11 is 0. The summed E-state index contributed by atoms with van der Waals surface area (Å²) in [6, 6.07) is 7.08. The number of esters is 1. The average molecular weight is 236 g/mol. The van der Waals surface area contributed by atoms with Crippen LogP contribution < -0.4 is 9.47 Å². The van der Waals surface area contributed by atoms with E-state index in [4.69, 9.17) is 14.2 Å². The number of ether oxygens (including phenoxy) is 3. The number of carbonyl (C=O) groups excluding carboxylic acids is 1. The van der Waals surface area contributed by atoms with Gasteiger partial charge in [-0.3, -0.25) is 0 Å². The molecule has 0 aliphatic heterocycles. The van der Waals surface area contributed by atoms with Crippen LogP contribution in [0.2, 0.25) is 0 Å². The van der Waals surface area contributed by atoms with Crippen molar-refractivity contribution in [2.24, 2.45) is 0 Å². The zero-order valence-electron chi connectivity index (χ0n) is 10.2. The molecule has 0 aliphatic carbocycles. The first-order valence-corrected chi connectivity index (χ1v) is 5.32. The zero-order valence-corrected chi connectivity index (χ0v) is 10.2. The second-order valence-corrected chi connectivity index (χ2v) is 3.31. The predicted octanol–water partition coefficient (Wildman–Crippen LogP) is 2.54. The Bertz CT molecular complexity index is 392. The molecule has 0 fully saturated rings. The summed E-state index contributed by atoms with van der Waals surface area (Å²) in [4.78, 5) is 11.3. The van der Waals surface area contributed by atoms with Crippen LogP contribution in [0.25, 0.3) is 0 Å². The molecular weight excluding hydrogens is 220 g/mol. The molecule has 0 radical (unpaired) electrons. The van der Waals surface area contributed by atoms with Gasteiger partial charge in [-0.05, 0) is 38.1 Å². The first-order valence-electron chi connectivity index (χ1n) is 5.32. The third kappa shape index (κ3) is 4.18. The molecule has 0 aromatic heterocycles. The molecule has 92 valence electrons. The molecular formula is C13H16O4. The van der Waals surface area contributed by atoms with E-state index in [1.165, 1.54) is 6.26 Å². The Morgan fingerprint density at radius 3 is 2.35 bits per heavy atom. The Balaban J connectivity index is 2.59. The van der Waals surface area contributed by atoms with Crippen LogP contribution in [-0.4, -0.2) is 19.7 Å². The molecule has 0 amide bonds. The molecule has 1 aromatic rings. The molecule has 0 aliphatic rings. The lowest BCUT2D eigenvalue weighted by Crippen LogP contribution is -2.06. The van der Waals surface area contributed by atoms with Gasteiger partial charge in [0, 0.05) is 0 Å². The number of benzene rings is 1. The highest BCUT2D eigenvalue weighted by Gasteiger charge is 2.04. The monoisotopic (exact) mass is 236 g/mol. The maximum atomic E-state index is 11.3. The quantitative estimate of drug-likeness (QED) is 0.447. The van der Waals surface area contributed by atoms with E-state index in [1.807, 2.05) is 0 Å². The molecule has 17 heavy (non-hydrogen) atoms. The largest absolute Gasteiger partial charge is 0.497 e. The van der Waals surface area contributed by atoms with Crippen LogP contribution in [-0.2, 0) is 9.53 Å². The summed E-state index contributed by atoms with van der Waals surface area (Å²) in [5.41, 5.74) is 0.419. The first kappa shape index (κ1) is 13.1. The normalized spacial score (nSPS) is 10.9. The summed E-state index contributed by atoms with van der Waals surface area (Å²) in [6.45, 7) is 3.75. The summed E-state index contributed by atoms with van der Waals surface area (Å²) in [6.07, 6.45) is 1.37. The third-order valence-electron chi connectivity index (χ3n) is 2.03. The van der Waals surface area contributed by atoms with Gasteiger partial charge in [0.05, 0.1) is 19.3 Å². The van der Waals surface area contributed by atoms with Crippen molar-refractivity contribution >= 4 is 5.97 Å². The molecule has 1 rings (SSSR count). The highest BCUT2D eigenvalue weighted by Crippen LogP contribution is 2.17. The lowest BCUT2D eigenvalue weighted by atomic mass is 10.3. The predicted molar refractivity (Wildman–Crippen MR) is 64.0 cm³/mol. The topological polar surface area (TPSA) is 44.8 Å². The van der Waals surface area contributed by atoms with Gasteiger partial charge in [-0.15, -0.1) is 0 Å². The van der Waals surface area contributed by atoms with E-state index in [1.54, 1.807) is 45.2 Å². The third-order valence-corrected chi connectivity index (χ3v) is 2.03. The van der Waals surface area contributed by atoms with Crippen molar-refractivity contribution in [3.8, 4) is 11.5 Å². The van der Waals surface area contributed by atoms with Gasteiger partial charge in [-0.1, -0.05) is 0 Å². The Kier molecular flexibility index (Phi) is 5.07. The van der Waals surface area contributed by atoms with Crippen molar-refractivity contribution in [2.45, 2.75) is 13.8 Å². The zero-order chi connectivity index (χ0) is 12.7. The van der Waals surface area contributed by atoms with Gasteiger partial charge in [0.2, 0.25) is 0 Å². The van der Waals surface area contributed by atoms with Gasteiger partial charge < -0.3 is 14.2 Å². The standard InChI is InChI=1S/C13H16O4/c1-4-16-13(14)10(2)9-17-12-7-5-11(15-3)6-8-12/h5-9H,4H2,1-3H3/b10-9-. The lowest BCUT2D eigenvalue weighted by Gasteiger charge is -2.04. The molecule has 1 aromatic carbocycles. The van der Waals surface area contributed by atoms with E-state index < -0.39 is 0 Å². The van der Waals surface area contributed by atoms with Gasteiger partial charge in [-0.2, -0.15) is 0 Å². The van der Waals surface area contributed by atoms with Gasteiger partial charge in [0.1, 0.15) is 17.8 Å². The maximum Gasteiger partial charge on any atom is 0.336 e. The first-order chi connectivity index (χ1) is 8.17. The minimum atomic E-state index is -0.374. The van der Waals surface area contributed by atoms with E-state index >= 15 is 0 Å². The van der Waals surface area contributed by atoms with Crippen molar-refractivity contribution in [3.05, 3.63) is 36.1 Å². The molecule has 4 heteroatoms. The molecule has 0 atom stereocenters. The fourth-order valence-corrected chi connectivity index (χ4v) is 1.10. The van der Waals surface area contributed by atoms with E-state index in [9.17, 15) is 4.79 Å². The summed E-state index contributed by atoms with van der Waals surface area (Å²) < 4.78 is 15.2. The van der Waals surface area contributed by atoms with Gasteiger partial charge in [0.15, 0.2) is 0 Å². The molecule has 0 N–H and O–H groups in total. The van der Waals surface area contributed by atoms with Crippen molar-refractivity contribution in [1.82, 2.24) is 0 Å². The van der Waals surface area contributed by atoms with Crippen LogP contribution in [0.3, 0.4) is 0 Å². The Morgan fingerprint density at radius 1 is 1.24 bits per heavy atom. The van der Waals surface area contributed by atoms with Crippen molar-refractivity contribution < 1.29 is 19.0 Å². The molecule has 0 saturated carbocycles. The van der Waals surface area contributed by atoms with Crippen LogP contribution in [0.4, 0.5) is 0 Å². The molecule has 0 heterocycles. The number of rotatable bonds is 5. The van der Waals surface area contributed by atoms with Gasteiger partial charge >= 0.3 is 5.97 Å². The highest BCUT2D eigenvalue weighted by atomic mass is 16.5. The molecule has 0 bridgehead atoms. The van der Waals surface area contributed by atoms with Gasteiger partial charge in [-0.25, -0.2) is 4.79 Å². The fourth-order valence-electron chi connectivity index (χ4n) is 1.10. The minimum Gasteiger partial charge on any atom is -0.497 e. The number of carbonyl (C=O) groups is 1. The van der Waals surface area contributed by atoms with Crippen LogP contribution in [0.1, 0.15) is 13.8 Å². The van der Waals surface area contributed by atoms with Crippen molar-refractivity contribution in [3.63, 3.8) is 0 Å². The molecule has 0 unspecified atom stereocenters. The number of hydrogen-bond acceptors (Lipinski definition) is 4. The maximum absolute atomic E-state index is 11.3. The Hall–Kier alpha value is -1.97. The van der Waals surface area contributed by atoms with E-state index in [-0.39, 0.29) is 5.97 Å². The van der Waals surface area contributed by atoms with Gasteiger partial charge in [0.25, 0.3) is 0 Å². The summed E-state index contributed by atoms with van der Waals surface area (Å²) in [5, 5.41) is 0. The summed E-state index contributed by atoms with van der Waals surface area (Å²) in [5.74, 6) is 1.01. The Labute approximate surface area is 101 Å². The van der Waals surface area contributed by atoms with Crippen molar-refractivity contribution in [2.75, 3.05) is 13.7 Å². The molecule has 0 saturated heterocycles. The van der Waals surface area contributed by atoms with E-state index in [0.717, 1.165) is 5.75 Å². The Morgan fingerprint density at radius 2 is 1.82 bits per heavy atom. The smallest absolute Gasteiger partial charge is 0.336 e. The molecule has 4 nitrogen and oxygen atoms in total. The lowest BCUT2D eigenvalue weighted by molar-refractivity contribution is -0.138. The van der Waals surface area contributed by atoms with Crippen LogP contribution in [0.5, 0.6) is 11.5 Å². The summed E-state index contributed by atoms with van der Waals surface area (Å²) in [7, 11) is 1.60. The highest BCUT2D eigenvalue weighted by molar-refractivity contribution is 5.87. The second-order valence-electron chi connectivity index (χ2n) is 3.31. The SMILES string of the molecule is CCOC(=O)/C(C)=C\Oc1ccc(OC)cc1. The van der Waals surface area contributed by atoms with E-state index in [0.29, 0.717) is 17.9 Å².